The molecule has 2 aromatic rings. The second-order valence-corrected chi connectivity index (χ2v) is 5.14. The quantitative estimate of drug-likeness (QED) is 0.913. The summed E-state index contributed by atoms with van der Waals surface area (Å²) in [5, 5.41) is 4.55. The Morgan fingerprint density at radius 2 is 2.00 bits per heavy atom. The Hall–Kier alpha value is -1.52. The summed E-state index contributed by atoms with van der Waals surface area (Å²) in [6.45, 7) is 2.60. The van der Waals surface area contributed by atoms with Crippen LogP contribution in [0.15, 0.2) is 24.3 Å². The number of halogens is 2. The van der Waals surface area contributed by atoms with Crippen molar-refractivity contribution in [1.82, 2.24) is 9.97 Å². The molecule has 0 bridgehead atoms. The molecular weight excluding hydrogens is 297 g/mol. The van der Waals surface area contributed by atoms with E-state index in [4.69, 9.17) is 27.9 Å². The van der Waals surface area contributed by atoms with Crippen molar-refractivity contribution >= 4 is 29.0 Å². The molecule has 0 fully saturated rings. The van der Waals surface area contributed by atoms with E-state index in [9.17, 15) is 0 Å². The van der Waals surface area contributed by atoms with Crippen LogP contribution in [0.3, 0.4) is 0 Å². The maximum absolute atomic E-state index is 6.13. The maximum atomic E-state index is 6.13. The summed E-state index contributed by atoms with van der Waals surface area (Å²) < 4.78 is 5.03. The van der Waals surface area contributed by atoms with Gasteiger partial charge in [-0.3, -0.25) is 0 Å². The molecule has 1 aromatic carbocycles. The molecule has 1 N–H and O–H groups in total. The van der Waals surface area contributed by atoms with Crippen LogP contribution in [0.25, 0.3) is 0 Å². The zero-order valence-corrected chi connectivity index (χ0v) is 12.8. The number of hydrogen-bond acceptors (Lipinski definition) is 4. The number of rotatable bonds is 5. The zero-order valence-electron chi connectivity index (χ0n) is 11.3. The van der Waals surface area contributed by atoms with Crippen molar-refractivity contribution in [2.45, 2.75) is 13.3 Å². The largest absolute Gasteiger partial charge is 0.467 e. The molecule has 2 rings (SSSR count). The number of ether oxygens (including phenoxy) is 1. The average Bonchev–Trinajstić information content (AvgIpc) is 2.40. The number of nitrogens with zero attached hydrogens (tertiary/aromatic N) is 2. The van der Waals surface area contributed by atoms with Crippen molar-refractivity contribution in [2.24, 2.45) is 0 Å². The summed E-state index contributed by atoms with van der Waals surface area (Å²) in [5.74, 6) is 0.736. The molecule has 1 aromatic heterocycles. The van der Waals surface area contributed by atoms with Gasteiger partial charge in [0.05, 0.1) is 7.11 Å². The number of aryl methyl sites for hydroxylation is 1. The standard InChI is InChI=1S/C14H15Cl2N3O/c1-9-7-13(19-14(18-9)20-2)17-6-5-10-3-4-11(15)8-12(10)16/h3-4,7-8H,5-6H2,1-2H3,(H,17,18,19). The van der Waals surface area contributed by atoms with E-state index in [1.165, 1.54) is 0 Å². The van der Waals surface area contributed by atoms with Crippen molar-refractivity contribution < 1.29 is 4.74 Å². The molecule has 20 heavy (non-hydrogen) atoms. The first-order valence-corrected chi connectivity index (χ1v) is 6.91. The van der Waals surface area contributed by atoms with E-state index < -0.39 is 0 Å². The highest BCUT2D eigenvalue weighted by Gasteiger charge is 2.04. The van der Waals surface area contributed by atoms with Crippen LogP contribution in [0.1, 0.15) is 11.3 Å². The van der Waals surface area contributed by atoms with Gasteiger partial charge in [-0.1, -0.05) is 29.3 Å². The lowest BCUT2D eigenvalue weighted by Gasteiger charge is -2.09. The van der Waals surface area contributed by atoms with Crippen molar-refractivity contribution in [3.8, 4) is 6.01 Å². The van der Waals surface area contributed by atoms with Crippen LogP contribution >= 0.6 is 23.2 Å². The smallest absolute Gasteiger partial charge is 0.318 e. The van der Waals surface area contributed by atoms with Gasteiger partial charge in [-0.05, 0) is 31.0 Å². The van der Waals surface area contributed by atoms with E-state index in [0.717, 1.165) is 23.5 Å². The number of hydrogen-bond donors (Lipinski definition) is 1. The van der Waals surface area contributed by atoms with Crippen LogP contribution in [0, 0.1) is 6.92 Å². The van der Waals surface area contributed by atoms with E-state index in [2.05, 4.69) is 15.3 Å². The topological polar surface area (TPSA) is 47.0 Å². The molecule has 0 aliphatic rings. The first-order valence-electron chi connectivity index (χ1n) is 6.16. The van der Waals surface area contributed by atoms with E-state index >= 15 is 0 Å². The van der Waals surface area contributed by atoms with Gasteiger partial charge in [-0.2, -0.15) is 4.98 Å². The highest BCUT2D eigenvalue weighted by atomic mass is 35.5. The molecule has 0 aliphatic carbocycles. The third-order valence-electron chi connectivity index (χ3n) is 2.73. The van der Waals surface area contributed by atoms with Crippen LogP contribution < -0.4 is 10.1 Å². The number of nitrogens with one attached hydrogen (secondary N) is 1. The van der Waals surface area contributed by atoms with Crippen LogP contribution in [-0.2, 0) is 6.42 Å². The van der Waals surface area contributed by atoms with Gasteiger partial charge >= 0.3 is 6.01 Å². The minimum Gasteiger partial charge on any atom is -0.467 e. The molecule has 106 valence electrons. The Balaban J connectivity index is 1.97. The van der Waals surface area contributed by atoms with Crippen molar-refractivity contribution in [2.75, 3.05) is 19.0 Å². The molecular formula is C14H15Cl2N3O. The molecule has 0 saturated carbocycles. The molecule has 0 saturated heterocycles. The van der Waals surface area contributed by atoms with Crippen LogP contribution in [0.5, 0.6) is 6.01 Å². The van der Waals surface area contributed by atoms with Gasteiger partial charge in [0.2, 0.25) is 0 Å². The highest BCUT2D eigenvalue weighted by Crippen LogP contribution is 2.21. The molecule has 4 nitrogen and oxygen atoms in total. The fourth-order valence-electron chi connectivity index (χ4n) is 1.77. The zero-order chi connectivity index (χ0) is 14.5. The Bertz CT molecular complexity index is 605. The molecule has 0 spiro atoms. The lowest BCUT2D eigenvalue weighted by atomic mass is 10.1. The Kier molecular flexibility index (Phi) is 5.04. The molecule has 0 amide bonds. The third-order valence-corrected chi connectivity index (χ3v) is 3.32. The number of methoxy groups -OCH3 is 1. The van der Waals surface area contributed by atoms with Gasteiger partial charge in [0.25, 0.3) is 0 Å². The third kappa shape index (κ3) is 3.99. The summed E-state index contributed by atoms with van der Waals surface area (Å²) in [6.07, 6.45) is 0.779. The van der Waals surface area contributed by atoms with E-state index in [1.807, 2.05) is 25.1 Å². The first kappa shape index (κ1) is 14.9. The lowest BCUT2D eigenvalue weighted by molar-refractivity contribution is 0.379. The molecule has 0 unspecified atom stereocenters. The van der Waals surface area contributed by atoms with Gasteiger partial charge < -0.3 is 10.1 Å². The fourth-order valence-corrected chi connectivity index (χ4v) is 2.28. The van der Waals surface area contributed by atoms with Gasteiger partial charge in [0, 0.05) is 28.4 Å². The second-order valence-electron chi connectivity index (χ2n) is 4.29. The average molecular weight is 312 g/mol. The van der Waals surface area contributed by atoms with Gasteiger partial charge in [0.15, 0.2) is 0 Å². The minimum absolute atomic E-state index is 0.358. The van der Waals surface area contributed by atoms with Gasteiger partial charge in [-0.25, -0.2) is 4.98 Å². The summed E-state index contributed by atoms with van der Waals surface area (Å²) in [7, 11) is 1.55. The molecule has 0 aliphatic heterocycles. The first-order chi connectivity index (χ1) is 9.58. The second kappa shape index (κ2) is 6.77. The normalized spacial score (nSPS) is 10.4. The number of anilines is 1. The predicted molar refractivity (Wildman–Crippen MR) is 82.0 cm³/mol. The number of aromatic nitrogens is 2. The van der Waals surface area contributed by atoms with E-state index in [0.29, 0.717) is 22.6 Å². The van der Waals surface area contributed by atoms with Gasteiger partial charge in [0.1, 0.15) is 5.82 Å². The van der Waals surface area contributed by atoms with Crippen LogP contribution in [0.2, 0.25) is 10.0 Å². The molecule has 0 radical (unpaired) electrons. The van der Waals surface area contributed by atoms with Crippen LogP contribution in [-0.4, -0.2) is 23.6 Å². The Labute approximate surface area is 128 Å². The molecule has 0 atom stereocenters. The summed E-state index contributed by atoms with van der Waals surface area (Å²) >= 11 is 12.0. The van der Waals surface area contributed by atoms with E-state index in [1.54, 1.807) is 13.2 Å². The monoisotopic (exact) mass is 311 g/mol. The summed E-state index contributed by atoms with van der Waals surface area (Å²) in [5.41, 5.74) is 1.89. The van der Waals surface area contributed by atoms with Crippen molar-refractivity contribution in [1.29, 1.82) is 0 Å². The Morgan fingerprint density at radius 1 is 1.20 bits per heavy atom. The summed E-state index contributed by atoms with van der Waals surface area (Å²) in [4.78, 5) is 8.35. The fraction of sp³-hybridized carbons (Fsp3) is 0.286. The highest BCUT2D eigenvalue weighted by molar-refractivity contribution is 6.35. The van der Waals surface area contributed by atoms with E-state index in [-0.39, 0.29) is 0 Å². The summed E-state index contributed by atoms with van der Waals surface area (Å²) in [6, 6.07) is 7.73. The maximum Gasteiger partial charge on any atom is 0.318 e. The van der Waals surface area contributed by atoms with Crippen LogP contribution in [0.4, 0.5) is 5.82 Å². The Morgan fingerprint density at radius 3 is 2.70 bits per heavy atom. The molecule has 6 heteroatoms. The lowest BCUT2D eigenvalue weighted by Crippen LogP contribution is -2.08. The minimum atomic E-state index is 0.358. The van der Waals surface area contributed by atoms with Crippen molar-refractivity contribution in [3.63, 3.8) is 0 Å². The van der Waals surface area contributed by atoms with Gasteiger partial charge in [-0.15, -0.1) is 0 Å². The molecule has 1 heterocycles. The van der Waals surface area contributed by atoms with Crippen molar-refractivity contribution in [3.05, 3.63) is 45.6 Å². The predicted octanol–water partition coefficient (Wildman–Crippen LogP) is 3.76. The number of benzene rings is 1. The SMILES string of the molecule is COc1nc(C)cc(NCCc2ccc(Cl)cc2Cl)n1.